The molecule has 1 heterocycles. The number of rotatable bonds is 9. The van der Waals surface area contributed by atoms with E-state index in [4.69, 9.17) is 9.47 Å². The van der Waals surface area contributed by atoms with E-state index in [0.717, 1.165) is 45.0 Å². The second-order valence-electron chi connectivity index (χ2n) is 9.64. The van der Waals surface area contributed by atoms with Gasteiger partial charge in [-0.15, -0.1) is 0 Å². The molecule has 0 saturated carbocycles. The molecule has 0 radical (unpaired) electrons. The second kappa shape index (κ2) is 13.5. The van der Waals surface area contributed by atoms with E-state index in [1.54, 1.807) is 0 Å². The average molecular weight is 542 g/mol. The van der Waals surface area contributed by atoms with Crippen molar-refractivity contribution in [2.45, 2.75) is 39.5 Å². The van der Waals surface area contributed by atoms with Crippen molar-refractivity contribution in [2.75, 3.05) is 4.90 Å². The minimum absolute atomic E-state index is 0.103. The lowest BCUT2D eigenvalue weighted by molar-refractivity contribution is -0.124. The first-order valence-corrected chi connectivity index (χ1v) is 14.2. The first-order valence-electron chi connectivity index (χ1n) is 14.2. The Balaban J connectivity index is 0.00000165. The first kappa shape index (κ1) is 27.7. The normalized spacial score (nSPS) is 14.0. The molecular weight excluding hydrogens is 506 g/mol. The van der Waals surface area contributed by atoms with Gasteiger partial charge in [-0.1, -0.05) is 117 Å². The Morgan fingerprint density at radius 3 is 1.76 bits per heavy atom. The van der Waals surface area contributed by atoms with E-state index in [1.807, 2.05) is 128 Å². The molecule has 0 spiro atoms. The van der Waals surface area contributed by atoms with Crippen molar-refractivity contribution >= 4 is 11.6 Å². The number of ether oxygens (including phenoxy) is 2. The summed E-state index contributed by atoms with van der Waals surface area (Å²) in [5.41, 5.74) is 6.31. The van der Waals surface area contributed by atoms with Crippen molar-refractivity contribution in [3.63, 3.8) is 0 Å². The zero-order chi connectivity index (χ0) is 28.4. The highest BCUT2D eigenvalue weighted by Gasteiger charge is 2.40. The van der Waals surface area contributed by atoms with E-state index in [1.165, 1.54) is 0 Å². The molecule has 5 aromatic rings. The minimum atomic E-state index is -0.103. The molecule has 206 valence electrons. The Bertz CT molecular complexity index is 1530. The Labute approximate surface area is 242 Å². The fraction of sp³-hybridized carbons (Fsp3) is 0.162. The lowest BCUT2D eigenvalue weighted by Gasteiger charge is -2.41. The van der Waals surface area contributed by atoms with Crippen molar-refractivity contribution in [3.8, 4) is 22.6 Å². The molecule has 1 unspecified atom stereocenters. The van der Waals surface area contributed by atoms with Gasteiger partial charge in [0.15, 0.2) is 0 Å². The molecule has 1 fully saturated rings. The van der Waals surface area contributed by atoms with E-state index in [9.17, 15) is 4.79 Å². The van der Waals surface area contributed by atoms with Crippen molar-refractivity contribution in [1.29, 1.82) is 0 Å². The van der Waals surface area contributed by atoms with E-state index in [2.05, 4.69) is 24.3 Å². The summed E-state index contributed by atoms with van der Waals surface area (Å²) in [6.45, 7) is 4.91. The van der Waals surface area contributed by atoms with E-state index >= 15 is 0 Å². The third-order valence-electron chi connectivity index (χ3n) is 7.03. The maximum Gasteiger partial charge on any atom is 0.230 e. The fourth-order valence-electron chi connectivity index (χ4n) is 4.92. The summed E-state index contributed by atoms with van der Waals surface area (Å²) < 4.78 is 12.4. The van der Waals surface area contributed by atoms with Crippen LogP contribution in [0.3, 0.4) is 0 Å². The van der Waals surface area contributed by atoms with Crippen LogP contribution in [0.5, 0.6) is 11.5 Å². The molecule has 0 bridgehead atoms. The van der Waals surface area contributed by atoms with Gasteiger partial charge in [0.25, 0.3) is 0 Å². The van der Waals surface area contributed by atoms with Crippen LogP contribution in [0, 0.1) is 0 Å². The Hall–Kier alpha value is -4.83. The van der Waals surface area contributed by atoms with Crippen molar-refractivity contribution in [3.05, 3.63) is 150 Å². The number of nitrogens with zero attached hydrogens (tertiary/aromatic N) is 1. The summed E-state index contributed by atoms with van der Waals surface area (Å²) in [5, 5.41) is 0. The molecule has 4 heteroatoms. The molecule has 1 atom stereocenters. The maximum absolute atomic E-state index is 12.8. The molecule has 5 aromatic carbocycles. The zero-order valence-corrected chi connectivity index (χ0v) is 23.6. The molecule has 1 aliphatic rings. The molecule has 0 N–H and O–H groups in total. The third-order valence-corrected chi connectivity index (χ3v) is 7.03. The molecule has 4 nitrogen and oxygen atoms in total. The highest BCUT2D eigenvalue weighted by atomic mass is 16.5. The quantitative estimate of drug-likeness (QED) is 0.175. The van der Waals surface area contributed by atoms with Crippen molar-refractivity contribution < 1.29 is 14.3 Å². The van der Waals surface area contributed by atoms with Crippen LogP contribution < -0.4 is 14.4 Å². The molecular formula is C37H35NO3. The largest absolute Gasteiger partial charge is 0.489 e. The number of carbonyl (C=O) groups is 1. The minimum Gasteiger partial charge on any atom is -0.489 e. The summed E-state index contributed by atoms with van der Waals surface area (Å²) in [6, 6.07) is 44.5. The van der Waals surface area contributed by atoms with Crippen LogP contribution in [-0.2, 0) is 18.0 Å². The topological polar surface area (TPSA) is 38.8 Å². The van der Waals surface area contributed by atoms with Gasteiger partial charge in [0.05, 0.1) is 12.5 Å². The number of amides is 1. The smallest absolute Gasteiger partial charge is 0.230 e. The van der Waals surface area contributed by atoms with Crippen LogP contribution in [0.4, 0.5) is 5.69 Å². The van der Waals surface area contributed by atoms with Gasteiger partial charge in [0.2, 0.25) is 5.91 Å². The van der Waals surface area contributed by atoms with Gasteiger partial charge < -0.3 is 14.4 Å². The van der Waals surface area contributed by atoms with Crippen LogP contribution in [0.2, 0.25) is 0 Å². The van der Waals surface area contributed by atoms with Crippen LogP contribution in [0.1, 0.15) is 43.0 Å². The number of carbonyl (C=O) groups excluding carboxylic acids is 1. The molecule has 41 heavy (non-hydrogen) atoms. The average Bonchev–Trinajstić information content (AvgIpc) is 3.04. The Kier molecular flexibility index (Phi) is 9.12. The maximum atomic E-state index is 12.8. The van der Waals surface area contributed by atoms with Gasteiger partial charge in [-0.3, -0.25) is 4.79 Å². The fourth-order valence-corrected chi connectivity index (χ4v) is 4.92. The predicted octanol–water partition coefficient (Wildman–Crippen LogP) is 9.02. The zero-order valence-electron chi connectivity index (χ0n) is 23.6. The SMILES string of the molecule is CC.O=C1CC(c2ccc(OCc3ccccc3)cc2OCc2ccccc2)N1c1ccc(-c2ccccc2)cc1. The second-order valence-corrected chi connectivity index (χ2v) is 9.64. The molecule has 1 saturated heterocycles. The first-order chi connectivity index (χ1) is 20.2. The molecule has 1 amide bonds. The van der Waals surface area contributed by atoms with E-state index in [0.29, 0.717) is 19.6 Å². The lowest BCUT2D eigenvalue weighted by atomic mass is 9.91. The molecule has 1 aliphatic heterocycles. The number of β-lactam (4-membered cyclic amide) rings is 1. The highest BCUT2D eigenvalue weighted by molar-refractivity contribution is 6.01. The summed E-state index contributed by atoms with van der Waals surface area (Å²) in [4.78, 5) is 14.7. The summed E-state index contributed by atoms with van der Waals surface area (Å²) in [6.07, 6.45) is 0.437. The van der Waals surface area contributed by atoms with E-state index in [-0.39, 0.29) is 11.9 Å². The third kappa shape index (κ3) is 6.67. The van der Waals surface area contributed by atoms with Crippen LogP contribution >= 0.6 is 0 Å². The number of benzene rings is 5. The van der Waals surface area contributed by atoms with Crippen molar-refractivity contribution in [2.24, 2.45) is 0 Å². The van der Waals surface area contributed by atoms with Gasteiger partial charge in [0, 0.05) is 17.3 Å². The van der Waals surface area contributed by atoms with Crippen LogP contribution in [0.25, 0.3) is 11.1 Å². The number of hydrogen-bond acceptors (Lipinski definition) is 3. The highest BCUT2D eigenvalue weighted by Crippen LogP contribution is 2.44. The summed E-state index contributed by atoms with van der Waals surface area (Å²) >= 11 is 0. The standard InChI is InChI=1S/C35H29NO3.C2H6/c37-35-23-33(36(35)30-18-16-29(17-19-30)28-14-8-3-9-15-28)32-21-20-31(38-24-26-10-4-1-5-11-26)22-34(32)39-25-27-12-6-2-7-13-27;1-2/h1-22,33H,23-25H2;1-2H3. The summed E-state index contributed by atoms with van der Waals surface area (Å²) in [5.74, 6) is 1.56. The molecule has 0 aliphatic carbocycles. The Morgan fingerprint density at radius 2 is 1.17 bits per heavy atom. The Morgan fingerprint density at radius 1 is 0.634 bits per heavy atom. The molecule has 0 aromatic heterocycles. The number of hydrogen-bond donors (Lipinski definition) is 0. The van der Waals surface area contributed by atoms with Crippen LogP contribution in [-0.4, -0.2) is 5.91 Å². The number of anilines is 1. The van der Waals surface area contributed by atoms with E-state index < -0.39 is 0 Å². The lowest BCUT2D eigenvalue weighted by Crippen LogP contribution is -2.46. The van der Waals surface area contributed by atoms with Gasteiger partial charge in [-0.2, -0.15) is 0 Å². The predicted molar refractivity (Wildman–Crippen MR) is 166 cm³/mol. The van der Waals surface area contributed by atoms with Crippen LogP contribution in [0.15, 0.2) is 133 Å². The van der Waals surface area contributed by atoms with Crippen molar-refractivity contribution in [1.82, 2.24) is 0 Å². The molecule has 6 rings (SSSR count). The van der Waals surface area contributed by atoms with Gasteiger partial charge in [0.1, 0.15) is 24.7 Å². The monoisotopic (exact) mass is 541 g/mol. The van der Waals surface area contributed by atoms with Gasteiger partial charge in [-0.25, -0.2) is 0 Å². The summed E-state index contributed by atoms with van der Waals surface area (Å²) in [7, 11) is 0. The van der Waals surface area contributed by atoms with Gasteiger partial charge >= 0.3 is 0 Å². The van der Waals surface area contributed by atoms with Gasteiger partial charge in [-0.05, 0) is 46.5 Å².